The quantitative estimate of drug-likeness (QED) is 0.558. The first kappa shape index (κ1) is 8.95. The lowest BCUT2D eigenvalue weighted by Crippen LogP contribution is -1.90. The zero-order chi connectivity index (χ0) is 8.97. The van der Waals surface area contributed by atoms with Crippen molar-refractivity contribution >= 4 is 17.4 Å². The molecule has 0 heterocycles. The van der Waals surface area contributed by atoms with Gasteiger partial charge in [0.1, 0.15) is 5.40 Å². The van der Waals surface area contributed by atoms with Crippen LogP contribution in [-0.2, 0) is 0 Å². The number of nitrogens with zero attached hydrogens (tertiary/aromatic N) is 1. The molecule has 0 spiro atoms. The molecule has 62 valence electrons. The van der Waals surface area contributed by atoms with Crippen molar-refractivity contribution < 1.29 is 0 Å². The first-order valence-corrected chi connectivity index (χ1v) is 4.44. The van der Waals surface area contributed by atoms with Crippen LogP contribution < -0.4 is 5.32 Å². The lowest BCUT2D eigenvalue weighted by Gasteiger charge is -2.04. The van der Waals surface area contributed by atoms with Gasteiger partial charge in [0.15, 0.2) is 0 Å². The van der Waals surface area contributed by atoms with Gasteiger partial charge in [0, 0.05) is 17.6 Å². The fourth-order valence-electron chi connectivity index (χ4n) is 1.03. The highest BCUT2D eigenvalue weighted by molar-refractivity contribution is 8.03. The van der Waals surface area contributed by atoms with E-state index in [0.717, 1.165) is 16.1 Å². The summed E-state index contributed by atoms with van der Waals surface area (Å²) in [6.45, 7) is 2.02. The summed E-state index contributed by atoms with van der Waals surface area (Å²) in [5.41, 5.74) is 2.27. The van der Waals surface area contributed by atoms with E-state index in [1.807, 2.05) is 37.6 Å². The molecular formula is C9H10N2S. The monoisotopic (exact) mass is 178 g/mol. The third kappa shape index (κ3) is 1.93. The van der Waals surface area contributed by atoms with Crippen LogP contribution in [0.25, 0.3) is 0 Å². The van der Waals surface area contributed by atoms with Crippen molar-refractivity contribution in [2.75, 3.05) is 12.4 Å². The van der Waals surface area contributed by atoms with Gasteiger partial charge in [-0.25, -0.2) is 0 Å². The number of thiocyanates is 1. The van der Waals surface area contributed by atoms with Gasteiger partial charge >= 0.3 is 0 Å². The molecule has 1 rings (SSSR count). The summed E-state index contributed by atoms with van der Waals surface area (Å²) in [5.74, 6) is 0. The molecule has 0 saturated heterocycles. The van der Waals surface area contributed by atoms with Crippen LogP contribution in [0.2, 0.25) is 0 Å². The van der Waals surface area contributed by atoms with E-state index in [1.54, 1.807) is 0 Å². The van der Waals surface area contributed by atoms with Gasteiger partial charge < -0.3 is 5.32 Å². The summed E-state index contributed by atoms with van der Waals surface area (Å²) < 4.78 is 0. The molecule has 1 N–H and O–H groups in total. The van der Waals surface area contributed by atoms with E-state index in [4.69, 9.17) is 5.26 Å². The van der Waals surface area contributed by atoms with Crippen LogP contribution in [0.3, 0.4) is 0 Å². The molecule has 0 fully saturated rings. The first-order valence-electron chi connectivity index (χ1n) is 3.62. The number of hydrogen-bond acceptors (Lipinski definition) is 3. The number of benzene rings is 1. The van der Waals surface area contributed by atoms with E-state index < -0.39 is 0 Å². The third-order valence-corrected chi connectivity index (χ3v) is 2.21. The fraction of sp³-hybridized carbons (Fsp3) is 0.222. The summed E-state index contributed by atoms with van der Waals surface area (Å²) in [7, 11) is 1.89. The maximum absolute atomic E-state index is 8.43. The minimum Gasteiger partial charge on any atom is -0.388 e. The Kier molecular flexibility index (Phi) is 3.01. The predicted molar refractivity (Wildman–Crippen MR) is 52.2 cm³/mol. The highest BCUT2D eigenvalue weighted by atomic mass is 32.2. The second kappa shape index (κ2) is 4.03. The average molecular weight is 178 g/mol. The summed E-state index contributed by atoms with van der Waals surface area (Å²) in [6, 6.07) is 5.92. The Bertz CT molecular complexity index is 315. The molecule has 0 atom stereocenters. The van der Waals surface area contributed by atoms with Gasteiger partial charge in [0.2, 0.25) is 0 Å². The number of aryl methyl sites for hydroxylation is 1. The number of hydrogen-bond donors (Lipinski definition) is 1. The Morgan fingerprint density at radius 1 is 1.50 bits per heavy atom. The minimum atomic E-state index is 0.994. The van der Waals surface area contributed by atoms with Gasteiger partial charge in [-0.1, -0.05) is 0 Å². The van der Waals surface area contributed by atoms with E-state index >= 15 is 0 Å². The minimum absolute atomic E-state index is 0.994. The summed E-state index contributed by atoms with van der Waals surface area (Å²) in [6.07, 6.45) is 0. The molecule has 0 radical (unpaired) electrons. The molecule has 0 amide bonds. The maximum atomic E-state index is 8.43. The molecule has 0 aliphatic rings. The molecule has 0 saturated carbocycles. The molecule has 12 heavy (non-hydrogen) atoms. The van der Waals surface area contributed by atoms with Crippen LogP contribution in [-0.4, -0.2) is 7.05 Å². The highest BCUT2D eigenvalue weighted by Gasteiger charge is 1.97. The van der Waals surface area contributed by atoms with Crippen molar-refractivity contribution in [2.45, 2.75) is 11.8 Å². The number of nitriles is 1. The van der Waals surface area contributed by atoms with Crippen molar-refractivity contribution in [3.63, 3.8) is 0 Å². The molecule has 3 heteroatoms. The SMILES string of the molecule is CNc1ccc(SC#N)cc1C. The molecule has 1 aromatic carbocycles. The molecule has 1 aromatic rings. The van der Waals surface area contributed by atoms with Crippen LogP contribution in [0.15, 0.2) is 23.1 Å². The van der Waals surface area contributed by atoms with Gasteiger partial charge in [-0.2, -0.15) is 5.26 Å². The van der Waals surface area contributed by atoms with Gasteiger partial charge in [-0.05, 0) is 42.4 Å². The number of thioether (sulfide) groups is 1. The number of rotatable bonds is 2. The molecule has 0 aromatic heterocycles. The van der Waals surface area contributed by atoms with Gasteiger partial charge in [0.05, 0.1) is 0 Å². The molecule has 0 aliphatic carbocycles. The van der Waals surface area contributed by atoms with Crippen LogP contribution in [0.1, 0.15) is 5.56 Å². The third-order valence-electron chi connectivity index (χ3n) is 1.63. The second-order valence-corrected chi connectivity index (χ2v) is 3.28. The second-order valence-electron chi connectivity index (χ2n) is 2.42. The van der Waals surface area contributed by atoms with Crippen LogP contribution >= 0.6 is 11.8 Å². The molecule has 0 aliphatic heterocycles. The highest BCUT2D eigenvalue weighted by Crippen LogP contribution is 2.22. The van der Waals surface area contributed by atoms with Crippen LogP contribution in [0, 0.1) is 17.6 Å². The summed E-state index contributed by atoms with van der Waals surface area (Å²) in [4.78, 5) is 0.994. The van der Waals surface area contributed by atoms with Crippen molar-refractivity contribution in [1.29, 1.82) is 5.26 Å². The molecule has 2 nitrogen and oxygen atoms in total. The Morgan fingerprint density at radius 3 is 2.75 bits per heavy atom. The standard InChI is InChI=1S/C9H10N2S/c1-7-5-8(12-6-10)3-4-9(7)11-2/h3-5,11H,1-2H3. The smallest absolute Gasteiger partial charge is 0.138 e. The van der Waals surface area contributed by atoms with E-state index in [-0.39, 0.29) is 0 Å². The van der Waals surface area contributed by atoms with Gasteiger partial charge in [0.25, 0.3) is 0 Å². The van der Waals surface area contributed by atoms with Crippen molar-refractivity contribution in [3.05, 3.63) is 23.8 Å². The Morgan fingerprint density at radius 2 is 2.25 bits per heavy atom. The topological polar surface area (TPSA) is 35.8 Å². The van der Waals surface area contributed by atoms with Crippen molar-refractivity contribution in [1.82, 2.24) is 0 Å². The summed E-state index contributed by atoms with van der Waals surface area (Å²) in [5, 5.41) is 13.6. The first-order chi connectivity index (χ1) is 5.77. The van der Waals surface area contributed by atoms with E-state index in [2.05, 4.69) is 5.32 Å². The lowest BCUT2D eigenvalue weighted by atomic mass is 10.2. The molecular weight excluding hydrogens is 168 g/mol. The van der Waals surface area contributed by atoms with Crippen LogP contribution in [0.4, 0.5) is 5.69 Å². The average Bonchev–Trinajstić information content (AvgIpc) is 2.05. The molecule has 0 unspecified atom stereocenters. The lowest BCUT2D eigenvalue weighted by molar-refractivity contribution is 1.33. The number of anilines is 1. The van der Waals surface area contributed by atoms with E-state index in [0.29, 0.717) is 0 Å². The predicted octanol–water partition coefficient (Wildman–Crippen LogP) is 2.61. The molecule has 0 bridgehead atoms. The van der Waals surface area contributed by atoms with Crippen LogP contribution in [0.5, 0.6) is 0 Å². The Labute approximate surface area is 76.6 Å². The number of nitrogens with one attached hydrogen (secondary N) is 1. The maximum Gasteiger partial charge on any atom is 0.138 e. The Hall–Kier alpha value is -1.14. The van der Waals surface area contributed by atoms with Crippen molar-refractivity contribution in [3.8, 4) is 5.40 Å². The largest absolute Gasteiger partial charge is 0.388 e. The summed E-state index contributed by atoms with van der Waals surface area (Å²) >= 11 is 1.19. The van der Waals surface area contributed by atoms with Crippen molar-refractivity contribution in [2.24, 2.45) is 0 Å². The van der Waals surface area contributed by atoms with Gasteiger partial charge in [-0.3, -0.25) is 0 Å². The zero-order valence-corrected chi connectivity index (χ0v) is 7.90. The van der Waals surface area contributed by atoms with Gasteiger partial charge in [-0.15, -0.1) is 0 Å². The zero-order valence-electron chi connectivity index (χ0n) is 7.09. The normalized spacial score (nSPS) is 9.08. The Balaban J connectivity index is 2.95. The fourth-order valence-corrected chi connectivity index (χ4v) is 1.51. The van der Waals surface area contributed by atoms with E-state index in [1.165, 1.54) is 11.8 Å². The van der Waals surface area contributed by atoms with E-state index in [9.17, 15) is 0 Å².